The molecule has 11 heteroatoms. The Morgan fingerprint density at radius 3 is 2.33 bits per heavy atom. The molecular weight excluding hydrogens is 520 g/mol. The number of aryl methyl sites for hydroxylation is 4. The Morgan fingerprint density at radius 1 is 1.03 bits per heavy atom. The first-order valence-electron chi connectivity index (χ1n) is 13.0. The van der Waals surface area contributed by atoms with E-state index in [4.69, 9.17) is 14.0 Å². The summed E-state index contributed by atoms with van der Waals surface area (Å²) < 4.78 is 44.3. The third-order valence-corrected chi connectivity index (χ3v) is 7.91. The molecule has 1 fully saturated rings. The summed E-state index contributed by atoms with van der Waals surface area (Å²) in [5, 5.41) is 7.02. The van der Waals surface area contributed by atoms with Crippen molar-refractivity contribution in [3.05, 3.63) is 52.9 Å². The number of hydrogen-bond donors (Lipinski definition) is 2. The second-order valence-electron chi connectivity index (χ2n) is 9.74. The van der Waals surface area contributed by atoms with E-state index < -0.39 is 10.0 Å². The van der Waals surface area contributed by atoms with Crippen LogP contribution in [0, 0.1) is 27.7 Å². The fourth-order valence-corrected chi connectivity index (χ4v) is 5.24. The number of ether oxygens (including phenoxy) is 2. The van der Waals surface area contributed by atoms with Crippen LogP contribution in [0.1, 0.15) is 35.9 Å². The van der Waals surface area contributed by atoms with E-state index >= 15 is 0 Å². The Labute approximate surface area is 229 Å². The molecule has 10 nitrogen and oxygen atoms in total. The molecule has 3 aromatic rings. The molecule has 0 bridgehead atoms. The van der Waals surface area contributed by atoms with Crippen molar-refractivity contribution >= 4 is 27.3 Å². The van der Waals surface area contributed by atoms with Crippen molar-refractivity contribution in [1.29, 1.82) is 0 Å². The van der Waals surface area contributed by atoms with E-state index in [1.165, 1.54) is 0 Å². The molecule has 0 aliphatic carbocycles. The highest BCUT2D eigenvalue weighted by atomic mass is 32.2. The maximum atomic E-state index is 12.6. The van der Waals surface area contributed by atoms with Crippen LogP contribution in [0.5, 0.6) is 11.5 Å². The Balaban J connectivity index is 1.56. The molecular formula is C28H36N4O6S. The lowest BCUT2D eigenvalue weighted by Gasteiger charge is -2.26. The second-order valence-corrected chi connectivity index (χ2v) is 11.8. The number of amides is 1. The molecule has 0 radical (unpaired) electrons. The third-order valence-electron chi connectivity index (χ3n) is 6.60. The van der Waals surface area contributed by atoms with Gasteiger partial charge in [0.25, 0.3) is 0 Å². The lowest BCUT2D eigenvalue weighted by molar-refractivity contribution is -0.116. The summed E-state index contributed by atoms with van der Waals surface area (Å²) in [5.74, 6) is 1.59. The van der Waals surface area contributed by atoms with Crippen LogP contribution in [0.3, 0.4) is 0 Å². The number of anilines is 2. The Bertz CT molecular complexity index is 1400. The van der Waals surface area contributed by atoms with E-state index in [1.807, 2.05) is 39.0 Å². The van der Waals surface area contributed by atoms with Crippen molar-refractivity contribution < 1.29 is 27.2 Å². The lowest BCUT2D eigenvalue weighted by Crippen LogP contribution is -2.38. The summed E-state index contributed by atoms with van der Waals surface area (Å²) in [6, 6.07) is 8.95. The molecule has 4 rings (SSSR count). The Kier molecular flexibility index (Phi) is 8.94. The lowest BCUT2D eigenvalue weighted by atomic mass is 10.0. The zero-order valence-corrected chi connectivity index (χ0v) is 23.9. The largest absolute Gasteiger partial charge is 0.457 e. The van der Waals surface area contributed by atoms with E-state index in [2.05, 4.69) is 20.1 Å². The molecule has 2 aromatic carbocycles. The fourth-order valence-electron chi connectivity index (χ4n) is 4.62. The Morgan fingerprint density at radius 2 is 1.72 bits per heavy atom. The van der Waals surface area contributed by atoms with Crippen LogP contribution < -0.4 is 14.8 Å². The number of benzene rings is 2. The van der Waals surface area contributed by atoms with Gasteiger partial charge in [-0.25, -0.2) is 8.42 Å². The van der Waals surface area contributed by atoms with Crippen molar-refractivity contribution in [2.45, 2.75) is 41.0 Å². The molecule has 39 heavy (non-hydrogen) atoms. The zero-order valence-electron chi connectivity index (χ0n) is 23.1. The maximum absolute atomic E-state index is 12.6. The minimum atomic E-state index is -3.51. The smallest absolute Gasteiger partial charge is 0.232 e. The topological polar surface area (TPSA) is 123 Å². The van der Waals surface area contributed by atoms with Crippen LogP contribution >= 0.6 is 0 Å². The summed E-state index contributed by atoms with van der Waals surface area (Å²) in [6.45, 7) is 12.8. The van der Waals surface area contributed by atoms with Crippen LogP contribution in [0.4, 0.5) is 11.4 Å². The average Bonchev–Trinajstić information content (AvgIpc) is 3.23. The standard InChI is InChI=1S/C28H36N4O6S/c1-6-39(34,35)31-24-15-22(27-20(4)30-38-21(27)5)16-25(17-24)37-28-18(2)13-23(14-19(28)3)29-26(33)7-8-32-9-11-36-12-10-32/h13-17,31H,6-12H2,1-5H3,(H,29,33). The van der Waals surface area contributed by atoms with E-state index in [0.717, 1.165) is 35.3 Å². The van der Waals surface area contributed by atoms with Crippen LogP contribution in [-0.4, -0.2) is 63.0 Å². The predicted octanol–water partition coefficient (Wildman–Crippen LogP) is 4.79. The minimum Gasteiger partial charge on any atom is -0.457 e. The van der Waals surface area contributed by atoms with Gasteiger partial charge in [0, 0.05) is 43.4 Å². The van der Waals surface area contributed by atoms with Gasteiger partial charge in [0.05, 0.1) is 30.3 Å². The molecule has 210 valence electrons. The number of carbonyl (C=O) groups is 1. The summed E-state index contributed by atoms with van der Waals surface area (Å²) in [6.07, 6.45) is 0.404. The van der Waals surface area contributed by atoms with Crippen molar-refractivity contribution in [1.82, 2.24) is 10.1 Å². The van der Waals surface area contributed by atoms with E-state index in [0.29, 0.717) is 60.5 Å². The molecule has 2 N–H and O–H groups in total. The molecule has 0 atom stereocenters. The first kappa shape index (κ1) is 28.6. The van der Waals surface area contributed by atoms with Gasteiger partial charge in [0.2, 0.25) is 15.9 Å². The van der Waals surface area contributed by atoms with Crippen LogP contribution in [0.25, 0.3) is 11.1 Å². The van der Waals surface area contributed by atoms with Crippen molar-refractivity contribution in [2.75, 3.05) is 48.6 Å². The number of nitrogens with zero attached hydrogens (tertiary/aromatic N) is 2. The molecule has 0 spiro atoms. The van der Waals surface area contributed by atoms with Crippen molar-refractivity contribution in [3.63, 3.8) is 0 Å². The summed E-state index contributed by atoms with van der Waals surface area (Å²) >= 11 is 0. The predicted molar refractivity (Wildman–Crippen MR) is 151 cm³/mol. The van der Waals surface area contributed by atoms with Crippen molar-refractivity contribution in [3.8, 4) is 22.6 Å². The normalized spacial score (nSPS) is 14.3. The molecule has 1 aliphatic rings. The van der Waals surface area contributed by atoms with Gasteiger partial charge in [-0.3, -0.25) is 14.4 Å². The van der Waals surface area contributed by atoms with Gasteiger partial charge >= 0.3 is 0 Å². The summed E-state index contributed by atoms with van der Waals surface area (Å²) in [7, 11) is -3.51. The van der Waals surface area contributed by atoms with Crippen LogP contribution in [-0.2, 0) is 19.6 Å². The van der Waals surface area contributed by atoms with E-state index in [9.17, 15) is 13.2 Å². The van der Waals surface area contributed by atoms with Gasteiger partial charge in [0.15, 0.2) is 0 Å². The highest BCUT2D eigenvalue weighted by Gasteiger charge is 2.18. The quantitative estimate of drug-likeness (QED) is 0.365. The molecule has 1 amide bonds. The van der Waals surface area contributed by atoms with E-state index in [1.54, 1.807) is 26.0 Å². The molecule has 0 unspecified atom stereocenters. The molecule has 1 saturated heterocycles. The number of aromatic nitrogens is 1. The molecule has 1 aromatic heterocycles. The number of sulfonamides is 1. The highest BCUT2D eigenvalue weighted by Crippen LogP contribution is 2.37. The summed E-state index contributed by atoms with van der Waals surface area (Å²) in [4.78, 5) is 14.8. The number of carbonyl (C=O) groups excluding carboxylic acids is 1. The average molecular weight is 557 g/mol. The number of rotatable bonds is 10. The molecule has 0 saturated carbocycles. The highest BCUT2D eigenvalue weighted by molar-refractivity contribution is 7.92. The van der Waals surface area contributed by atoms with E-state index in [-0.39, 0.29) is 11.7 Å². The fraction of sp³-hybridized carbons (Fsp3) is 0.429. The minimum absolute atomic E-state index is 0.0472. The first-order valence-corrected chi connectivity index (χ1v) is 14.7. The first-order chi connectivity index (χ1) is 18.5. The van der Waals surface area contributed by atoms with Gasteiger partial charge in [-0.05, 0) is 75.6 Å². The maximum Gasteiger partial charge on any atom is 0.232 e. The second kappa shape index (κ2) is 12.2. The molecule has 2 heterocycles. The van der Waals surface area contributed by atoms with Gasteiger partial charge in [-0.15, -0.1) is 0 Å². The van der Waals surface area contributed by atoms with Gasteiger partial charge in [-0.2, -0.15) is 0 Å². The zero-order chi connectivity index (χ0) is 28.2. The summed E-state index contributed by atoms with van der Waals surface area (Å²) in [5.41, 5.74) is 4.93. The van der Waals surface area contributed by atoms with Crippen LogP contribution in [0.15, 0.2) is 34.9 Å². The monoisotopic (exact) mass is 556 g/mol. The Hall–Kier alpha value is -3.41. The van der Waals surface area contributed by atoms with Gasteiger partial charge < -0.3 is 19.3 Å². The van der Waals surface area contributed by atoms with Gasteiger partial charge in [-0.1, -0.05) is 5.16 Å². The number of nitrogens with one attached hydrogen (secondary N) is 2. The van der Waals surface area contributed by atoms with Gasteiger partial charge in [0.1, 0.15) is 17.3 Å². The molecule has 1 aliphatic heterocycles. The number of hydrogen-bond acceptors (Lipinski definition) is 8. The SMILES string of the molecule is CCS(=O)(=O)Nc1cc(Oc2c(C)cc(NC(=O)CCN3CCOCC3)cc2C)cc(-c2c(C)noc2C)c1. The number of morpholine rings is 1. The van der Waals surface area contributed by atoms with Crippen molar-refractivity contribution in [2.24, 2.45) is 0 Å². The van der Waals surface area contributed by atoms with Crippen LogP contribution in [0.2, 0.25) is 0 Å². The third kappa shape index (κ3) is 7.37.